The predicted molar refractivity (Wildman–Crippen MR) is 53.6 cm³/mol. The summed E-state index contributed by atoms with van der Waals surface area (Å²) in [4.78, 5) is 11.8. The molecule has 0 aliphatic carbocycles. The molecule has 15 heavy (non-hydrogen) atoms. The monoisotopic (exact) mass is 202 g/mol. The molecule has 4 heteroatoms. The van der Waals surface area contributed by atoms with Crippen LogP contribution in [0.25, 0.3) is 0 Å². The van der Waals surface area contributed by atoms with Crippen molar-refractivity contribution in [2.24, 2.45) is 0 Å². The summed E-state index contributed by atoms with van der Waals surface area (Å²) in [6.45, 7) is 1.89. The Hall–Kier alpha value is -1.97. The highest BCUT2D eigenvalue weighted by molar-refractivity contribution is 6.05. The summed E-state index contributed by atoms with van der Waals surface area (Å²) in [6.07, 6.45) is 0.634. The summed E-state index contributed by atoms with van der Waals surface area (Å²) in [5, 5.41) is 7.44. The van der Waals surface area contributed by atoms with E-state index in [0.29, 0.717) is 17.9 Å². The first-order valence-electron chi connectivity index (χ1n) is 4.73. The maximum Gasteiger partial charge on any atom is 0.289 e. The molecule has 2 rings (SSSR count). The highest BCUT2D eigenvalue weighted by Crippen LogP contribution is 2.08. The first-order valence-corrected chi connectivity index (χ1v) is 4.73. The number of nitrogens with zero attached hydrogens (tertiary/aromatic N) is 2. The average molecular weight is 202 g/mol. The molecule has 1 heterocycles. The number of carbonyl (C=O) groups excluding carboxylic acids is 1. The van der Waals surface area contributed by atoms with Crippen molar-refractivity contribution in [3.63, 3.8) is 0 Å². The van der Waals surface area contributed by atoms with Gasteiger partial charge in [-0.2, -0.15) is 0 Å². The molecule has 0 atom stereocenters. The van der Waals surface area contributed by atoms with Gasteiger partial charge in [-0.05, 0) is 0 Å². The second kappa shape index (κ2) is 4.04. The molecule has 2 aromatic rings. The van der Waals surface area contributed by atoms with Gasteiger partial charge in [0.25, 0.3) is 5.89 Å². The molecule has 1 aromatic heterocycles. The topological polar surface area (TPSA) is 56.0 Å². The third kappa shape index (κ3) is 1.93. The minimum atomic E-state index is -0.234. The third-order valence-corrected chi connectivity index (χ3v) is 2.00. The fraction of sp³-hybridized carbons (Fsp3) is 0.182. The average Bonchev–Trinajstić information content (AvgIpc) is 2.78. The Morgan fingerprint density at radius 3 is 2.60 bits per heavy atom. The van der Waals surface area contributed by atoms with E-state index in [4.69, 9.17) is 4.42 Å². The van der Waals surface area contributed by atoms with Crippen molar-refractivity contribution in [1.29, 1.82) is 0 Å². The maximum absolute atomic E-state index is 11.8. The molecule has 0 amide bonds. The fourth-order valence-corrected chi connectivity index (χ4v) is 1.20. The molecule has 76 valence electrons. The Morgan fingerprint density at radius 1 is 1.27 bits per heavy atom. The molecule has 0 saturated carbocycles. The molecule has 0 N–H and O–H groups in total. The van der Waals surface area contributed by atoms with E-state index in [-0.39, 0.29) is 11.7 Å². The number of rotatable bonds is 3. The van der Waals surface area contributed by atoms with Gasteiger partial charge in [0.2, 0.25) is 11.7 Å². The van der Waals surface area contributed by atoms with E-state index in [2.05, 4.69) is 10.2 Å². The zero-order valence-electron chi connectivity index (χ0n) is 8.30. The summed E-state index contributed by atoms with van der Waals surface area (Å²) in [7, 11) is 0. The minimum Gasteiger partial charge on any atom is -0.418 e. The first kappa shape index (κ1) is 9.58. The number of ketones is 1. The molecule has 0 saturated heterocycles. The second-order valence-electron chi connectivity index (χ2n) is 3.05. The Balaban J connectivity index is 2.29. The smallest absolute Gasteiger partial charge is 0.289 e. The summed E-state index contributed by atoms with van der Waals surface area (Å²) in [6, 6.07) is 8.88. The lowest BCUT2D eigenvalue weighted by atomic mass is 10.1. The van der Waals surface area contributed by atoms with Crippen LogP contribution in [-0.4, -0.2) is 16.0 Å². The van der Waals surface area contributed by atoms with E-state index in [0.717, 1.165) is 0 Å². The maximum atomic E-state index is 11.8. The van der Waals surface area contributed by atoms with Crippen LogP contribution < -0.4 is 0 Å². The van der Waals surface area contributed by atoms with Gasteiger partial charge in [0.1, 0.15) is 0 Å². The second-order valence-corrected chi connectivity index (χ2v) is 3.05. The molecule has 4 nitrogen and oxygen atoms in total. The van der Waals surface area contributed by atoms with Crippen molar-refractivity contribution in [2.75, 3.05) is 0 Å². The fourth-order valence-electron chi connectivity index (χ4n) is 1.20. The molecular weight excluding hydrogens is 192 g/mol. The Bertz CT molecular complexity index is 462. The van der Waals surface area contributed by atoms with Gasteiger partial charge >= 0.3 is 0 Å². The van der Waals surface area contributed by atoms with Crippen molar-refractivity contribution >= 4 is 5.78 Å². The van der Waals surface area contributed by atoms with Gasteiger partial charge in [0, 0.05) is 12.0 Å². The molecule has 0 radical (unpaired) electrons. The lowest BCUT2D eigenvalue weighted by Gasteiger charge is -1.93. The van der Waals surface area contributed by atoms with Crippen LogP contribution >= 0.6 is 0 Å². The standard InChI is InChI=1S/C11H10N2O2/c1-2-9-12-13-11(15-9)10(14)8-6-4-3-5-7-8/h3-7H,2H2,1H3. The van der Waals surface area contributed by atoms with Crippen molar-refractivity contribution in [3.05, 3.63) is 47.7 Å². The molecular formula is C11H10N2O2. The number of hydrogen-bond acceptors (Lipinski definition) is 4. The predicted octanol–water partition coefficient (Wildman–Crippen LogP) is 1.86. The molecule has 0 fully saturated rings. The van der Waals surface area contributed by atoms with Gasteiger partial charge in [0.15, 0.2) is 0 Å². The number of benzene rings is 1. The Labute approximate surface area is 86.9 Å². The highest BCUT2D eigenvalue weighted by atomic mass is 16.4. The van der Waals surface area contributed by atoms with Crippen LogP contribution in [0.3, 0.4) is 0 Å². The lowest BCUT2D eigenvalue weighted by molar-refractivity contribution is 0.100. The third-order valence-electron chi connectivity index (χ3n) is 2.00. The highest BCUT2D eigenvalue weighted by Gasteiger charge is 2.15. The van der Waals surface area contributed by atoms with Gasteiger partial charge in [-0.25, -0.2) is 0 Å². The van der Waals surface area contributed by atoms with E-state index in [9.17, 15) is 4.79 Å². The van der Waals surface area contributed by atoms with Crippen LogP contribution in [0, 0.1) is 0 Å². The summed E-state index contributed by atoms with van der Waals surface area (Å²) >= 11 is 0. The number of aromatic nitrogens is 2. The van der Waals surface area contributed by atoms with Crippen LogP contribution in [0.4, 0.5) is 0 Å². The van der Waals surface area contributed by atoms with Crippen LogP contribution in [0.15, 0.2) is 34.7 Å². The quantitative estimate of drug-likeness (QED) is 0.713. The summed E-state index contributed by atoms with van der Waals surface area (Å²) in [5.74, 6) is 0.301. The van der Waals surface area contributed by atoms with Gasteiger partial charge in [-0.1, -0.05) is 37.3 Å². The van der Waals surface area contributed by atoms with E-state index in [1.54, 1.807) is 24.3 Å². The van der Waals surface area contributed by atoms with E-state index in [1.807, 2.05) is 13.0 Å². The van der Waals surface area contributed by atoms with E-state index < -0.39 is 0 Å². The zero-order chi connectivity index (χ0) is 10.7. The molecule has 0 bridgehead atoms. The summed E-state index contributed by atoms with van der Waals surface area (Å²) < 4.78 is 5.18. The van der Waals surface area contributed by atoms with Gasteiger partial charge in [0.05, 0.1) is 0 Å². The first-order chi connectivity index (χ1) is 7.31. The molecule has 0 aliphatic rings. The van der Waals surface area contributed by atoms with Gasteiger partial charge < -0.3 is 4.42 Å². The van der Waals surface area contributed by atoms with Gasteiger partial charge in [-0.15, -0.1) is 10.2 Å². The Kier molecular flexibility index (Phi) is 2.58. The normalized spacial score (nSPS) is 10.2. The van der Waals surface area contributed by atoms with Crippen molar-refractivity contribution < 1.29 is 9.21 Å². The van der Waals surface area contributed by atoms with Crippen LogP contribution in [-0.2, 0) is 6.42 Å². The van der Waals surface area contributed by atoms with Crippen LogP contribution in [0.1, 0.15) is 29.1 Å². The van der Waals surface area contributed by atoms with E-state index >= 15 is 0 Å². The largest absolute Gasteiger partial charge is 0.418 e. The van der Waals surface area contributed by atoms with Gasteiger partial charge in [-0.3, -0.25) is 4.79 Å². The lowest BCUT2D eigenvalue weighted by Crippen LogP contribution is -2.00. The van der Waals surface area contributed by atoms with Crippen LogP contribution in [0.5, 0.6) is 0 Å². The SMILES string of the molecule is CCc1nnc(C(=O)c2ccccc2)o1. The number of hydrogen-bond donors (Lipinski definition) is 0. The molecule has 0 spiro atoms. The Morgan fingerprint density at radius 2 is 2.00 bits per heavy atom. The van der Waals surface area contributed by atoms with E-state index in [1.165, 1.54) is 0 Å². The molecule has 0 aliphatic heterocycles. The zero-order valence-corrected chi connectivity index (χ0v) is 8.30. The van der Waals surface area contributed by atoms with Crippen molar-refractivity contribution in [3.8, 4) is 0 Å². The molecule has 1 aromatic carbocycles. The molecule has 0 unspecified atom stereocenters. The number of carbonyl (C=O) groups is 1. The number of aryl methyl sites for hydroxylation is 1. The minimum absolute atomic E-state index is 0.0538. The van der Waals surface area contributed by atoms with Crippen LogP contribution in [0.2, 0.25) is 0 Å². The summed E-state index contributed by atoms with van der Waals surface area (Å²) in [5.41, 5.74) is 0.559. The van der Waals surface area contributed by atoms with Crippen molar-refractivity contribution in [1.82, 2.24) is 10.2 Å². The van der Waals surface area contributed by atoms with Crippen molar-refractivity contribution in [2.45, 2.75) is 13.3 Å².